The molecule has 1 aromatic heterocycles. The molecule has 3 rings (SSSR count). The third-order valence-electron chi connectivity index (χ3n) is 3.21. The zero-order chi connectivity index (χ0) is 12.7. The van der Waals surface area contributed by atoms with Crippen molar-refractivity contribution in [1.82, 2.24) is 4.98 Å². The average molecular weight is 237 g/mol. The van der Waals surface area contributed by atoms with Crippen molar-refractivity contribution in [3.05, 3.63) is 53.7 Å². The van der Waals surface area contributed by atoms with Gasteiger partial charge in [0.15, 0.2) is 11.6 Å². The molecule has 0 N–H and O–H groups in total. The number of Topliss-reactive ketones (excluding diaryl/α,β-unsaturated/α-hetero) is 1. The normalized spacial score (nSPS) is 19.4. The predicted molar refractivity (Wildman–Crippen MR) is 68.3 cm³/mol. The van der Waals surface area contributed by atoms with Gasteiger partial charge < -0.3 is 0 Å². The van der Waals surface area contributed by atoms with Crippen molar-refractivity contribution in [2.24, 2.45) is 0 Å². The van der Waals surface area contributed by atoms with Gasteiger partial charge in [-0.25, -0.2) is 0 Å². The molecule has 0 amide bonds. The highest BCUT2D eigenvalue weighted by molar-refractivity contribution is 6.24. The number of aromatic nitrogens is 1. The Morgan fingerprint density at radius 3 is 2.56 bits per heavy atom. The average Bonchev–Trinajstić information content (AvgIpc) is 2.63. The number of allylic oxidation sites excluding steroid dienone is 2. The smallest absolute Gasteiger partial charge is 0.175 e. The molecule has 0 bridgehead atoms. The number of hydrogen-bond acceptors (Lipinski definition) is 3. The fraction of sp³-hybridized carbons (Fsp3) is 0.133. The third-order valence-corrected chi connectivity index (χ3v) is 3.21. The first-order valence-corrected chi connectivity index (χ1v) is 5.79. The molecule has 0 fully saturated rings. The quantitative estimate of drug-likeness (QED) is 0.715. The van der Waals surface area contributed by atoms with Gasteiger partial charge in [-0.3, -0.25) is 14.6 Å². The number of fused-ring (bicyclic) bond motifs is 1. The highest BCUT2D eigenvalue weighted by Crippen LogP contribution is 2.27. The SMILES string of the molecule is CC1=CC(=O)C(c2ccc3ccccc3n2)C1=O. The third kappa shape index (κ3) is 1.56. The van der Waals surface area contributed by atoms with Crippen LogP contribution in [0.3, 0.4) is 0 Å². The van der Waals surface area contributed by atoms with Crippen LogP contribution in [-0.4, -0.2) is 16.6 Å². The summed E-state index contributed by atoms with van der Waals surface area (Å²) in [4.78, 5) is 28.1. The van der Waals surface area contributed by atoms with E-state index in [0.717, 1.165) is 10.9 Å². The van der Waals surface area contributed by atoms with Crippen LogP contribution in [0, 0.1) is 0 Å². The fourth-order valence-corrected chi connectivity index (χ4v) is 2.25. The molecule has 1 atom stereocenters. The summed E-state index contributed by atoms with van der Waals surface area (Å²) < 4.78 is 0. The molecule has 1 unspecified atom stereocenters. The van der Waals surface area contributed by atoms with Gasteiger partial charge in [0.1, 0.15) is 5.92 Å². The van der Waals surface area contributed by atoms with Crippen LogP contribution in [0.4, 0.5) is 0 Å². The lowest BCUT2D eigenvalue weighted by Crippen LogP contribution is -2.15. The van der Waals surface area contributed by atoms with Crippen molar-refractivity contribution in [1.29, 1.82) is 0 Å². The lowest BCUT2D eigenvalue weighted by Gasteiger charge is -2.08. The zero-order valence-corrected chi connectivity index (χ0v) is 9.88. The maximum absolute atomic E-state index is 11.9. The van der Waals surface area contributed by atoms with Crippen LogP contribution in [0.2, 0.25) is 0 Å². The number of para-hydroxylation sites is 1. The van der Waals surface area contributed by atoms with Crippen molar-refractivity contribution in [3.63, 3.8) is 0 Å². The van der Waals surface area contributed by atoms with Gasteiger partial charge in [0.2, 0.25) is 0 Å². The first kappa shape index (κ1) is 10.8. The van der Waals surface area contributed by atoms with E-state index >= 15 is 0 Å². The van der Waals surface area contributed by atoms with E-state index < -0.39 is 5.92 Å². The van der Waals surface area contributed by atoms with E-state index in [1.165, 1.54) is 6.08 Å². The Bertz CT molecular complexity index is 700. The predicted octanol–water partition coefficient (Wildman–Crippen LogP) is 2.42. The standard InChI is InChI=1S/C15H11NO2/c1-9-8-13(17)14(15(9)18)12-7-6-10-4-2-3-5-11(10)16-12/h2-8,14H,1H3. The second kappa shape index (κ2) is 3.88. The number of ketones is 2. The molecule has 3 heteroatoms. The van der Waals surface area contributed by atoms with Gasteiger partial charge in [0, 0.05) is 5.39 Å². The largest absolute Gasteiger partial charge is 0.294 e. The monoisotopic (exact) mass is 237 g/mol. The first-order chi connectivity index (χ1) is 8.66. The Labute approximate surface area is 104 Å². The number of rotatable bonds is 1. The molecule has 1 aliphatic rings. The summed E-state index contributed by atoms with van der Waals surface area (Å²) in [7, 11) is 0. The van der Waals surface area contributed by atoms with Crippen LogP contribution in [0.25, 0.3) is 10.9 Å². The molecule has 0 aliphatic heterocycles. The summed E-state index contributed by atoms with van der Waals surface area (Å²) in [6, 6.07) is 11.3. The first-order valence-electron chi connectivity index (χ1n) is 5.79. The molecule has 18 heavy (non-hydrogen) atoms. The van der Waals surface area contributed by atoms with E-state index in [9.17, 15) is 9.59 Å². The molecule has 1 aliphatic carbocycles. The fourth-order valence-electron chi connectivity index (χ4n) is 2.25. The highest BCUT2D eigenvalue weighted by atomic mass is 16.2. The minimum Gasteiger partial charge on any atom is -0.294 e. The number of benzene rings is 1. The van der Waals surface area contributed by atoms with E-state index in [2.05, 4.69) is 4.98 Å². The minimum absolute atomic E-state index is 0.136. The second-order valence-electron chi connectivity index (χ2n) is 4.46. The van der Waals surface area contributed by atoms with Crippen LogP contribution in [0.15, 0.2) is 48.0 Å². The Balaban J connectivity index is 2.11. The summed E-state index contributed by atoms with van der Waals surface area (Å²) in [5, 5.41) is 1.00. The minimum atomic E-state index is -0.741. The number of pyridine rings is 1. The van der Waals surface area contributed by atoms with Gasteiger partial charge >= 0.3 is 0 Å². The van der Waals surface area contributed by atoms with Crippen LogP contribution in [0.5, 0.6) is 0 Å². The van der Waals surface area contributed by atoms with Crippen molar-refractivity contribution in [3.8, 4) is 0 Å². The molecular weight excluding hydrogens is 226 g/mol. The number of nitrogens with zero attached hydrogens (tertiary/aromatic N) is 1. The molecule has 1 aromatic carbocycles. The summed E-state index contributed by atoms with van der Waals surface area (Å²) in [6.07, 6.45) is 1.41. The van der Waals surface area contributed by atoms with Crippen LogP contribution < -0.4 is 0 Å². The van der Waals surface area contributed by atoms with Gasteiger partial charge in [-0.15, -0.1) is 0 Å². The lowest BCUT2D eigenvalue weighted by molar-refractivity contribution is -0.122. The maximum Gasteiger partial charge on any atom is 0.175 e. The Morgan fingerprint density at radius 1 is 1.06 bits per heavy atom. The van der Waals surface area contributed by atoms with Crippen molar-refractivity contribution in [2.45, 2.75) is 12.8 Å². The number of carbonyl (C=O) groups excluding carboxylic acids is 2. The van der Waals surface area contributed by atoms with Gasteiger partial charge in [0.05, 0.1) is 11.2 Å². The van der Waals surface area contributed by atoms with Crippen LogP contribution in [0.1, 0.15) is 18.5 Å². The molecule has 0 saturated carbocycles. The van der Waals surface area contributed by atoms with Gasteiger partial charge in [-0.2, -0.15) is 0 Å². The van der Waals surface area contributed by atoms with E-state index in [1.54, 1.807) is 13.0 Å². The summed E-state index contributed by atoms with van der Waals surface area (Å²) >= 11 is 0. The maximum atomic E-state index is 11.9. The molecule has 0 spiro atoms. The second-order valence-corrected chi connectivity index (χ2v) is 4.46. The number of carbonyl (C=O) groups is 2. The Morgan fingerprint density at radius 2 is 1.83 bits per heavy atom. The highest BCUT2D eigenvalue weighted by Gasteiger charge is 2.34. The summed E-state index contributed by atoms with van der Waals surface area (Å²) in [5.74, 6) is -1.04. The molecule has 0 radical (unpaired) electrons. The Kier molecular flexibility index (Phi) is 2.33. The van der Waals surface area contributed by atoms with E-state index in [-0.39, 0.29) is 11.6 Å². The van der Waals surface area contributed by atoms with Crippen LogP contribution in [-0.2, 0) is 9.59 Å². The van der Waals surface area contributed by atoms with Crippen molar-refractivity contribution in [2.75, 3.05) is 0 Å². The molecular formula is C15H11NO2. The van der Waals surface area contributed by atoms with E-state index in [0.29, 0.717) is 11.3 Å². The summed E-state index contributed by atoms with van der Waals surface area (Å²) in [6.45, 7) is 1.67. The van der Waals surface area contributed by atoms with Gasteiger partial charge in [-0.1, -0.05) is 24.3 Å². The van der Waals surface area contributed by atoms with Gasteiger partial charge in [0.25, 0.3) is 0 Å². The zero-order valence-electron chi connectivity index (χ0n) is 9.88. The van der Waals surface area contributed by atoms with Gasteiger partial charge in [-0.05, 0) is 30.7 Å². The molecule has 3 nitrogen and oxygen atoms in total. The number of hydrogen-bond donors (Lipinski definition) is 0. The molecule has 1 heterocycles. The van der Waals surface area contributed by atoms with E-state index in [1.807, 2.05) is 30.3 Å². The molecule has 0 saturated heterocycles. The summed E-state index contributed by atoms with van der Waals surface area (Å²) in [5.41, 5.74) is 1.86. The molecule has 2 aromatic rings. The Hall–Kier alpha value is -2.29. The molecule has 88 valence electrons. The topological polar surface area (TPSA) is 47.0 Å². The van der Waals surface area contributed by atoms with E-state index in [4.69, 9.17) is 0 Å². The van der Waals surface area contributed by atoms with Crippen molar-refractivity contribution >= 4 is 22.5 Å². The van der Waals surface area contributed by atoms with Crippen molar-refractivity contribution < 1.29 is 9.59 Å². The van der Waals surface area contributed by atoms with Crippen LogP contribution >= 0.6 is 0 Å². The lowest BCUT2D eigenvalue weighted by atomic mass is 9.98.